The molecule has 2 unspecified atom stereocenters. The average Bonchev–Trinajstić information content (AvgIpc) is 3.21. The molecule has 0 amide bonds. The number of likely N-dealkylation sites (tertiary alicyclic amines) is 1. The van der Waals surface area contributed by atoms with Crippen LogP contribution in [0.3, 0.4) is 0 Å². The number of ether oxygens (including phenoxy) is 1. The second kappa shape index (κ2) is 9.44. The second-order valence-corrected chi connectivity index (χ2v) is 7.28. The maximum atomic E-state index is 5.80. The molecule has 1 N–H and O–H groups in total. The third kappa shape index (κ3) is 5.25. The van der Waals surface area contributed by atoms with Crippen LogP contribution in [0.5, 0.6) is 5.75 Å². The van der Waals surface area contributed by atoms with Crippen molar-refractivity contribution in [3.63, 3.8) is 0 Å². The van der Waals surface area contributed by atoms with Crippen LogP contribution >= 0.6 is 0 Å². The molecule has 27 heavy (non-hydrogen) atoms. The van der Waals surface area contributed by atoms with Gasteiger partial charge in [-0.1, -0.05) is 24.6 Å². The highest BCUT2D eigenvalue weighted by Gasteiger charge is 2.28. The molecule has 6 nitrogen and oxygen atoms in total. The maximum Gasteiger partial charge on any atom is 0.193 e. The van der Waals surface area contributed by atoms with Crippen molar-refractivity contribution in [2.45, 2.75) is 32.7 Å². The Hall–Kier alpha value is -2.50. The lowest BCUT2D eigenvalue weighted by molar-refractivity contribution is 0.188. The van der Waals surface area contributed by atoms with Crippen LogP contribution in [0.2, 0.25) is 0 Å². The van der Waals surface area contributed by atoms with Gasteiger partial charge in [0.05, 0.1) is 19.0 Å². The number of hydrogen-bond acceptors (Lipinski definition) is 3. The zero-order valence-electron chi connectivity index (χ0n) is 16.6. The van der Waals surface area contributed by atoms with E-state index in [9.17, 15) is 0 Å². The average molecular weight is 370 g/mol. The van der Waals surface area contributed by atoms with Gasteiger partial charge >= 0.3 is 0 Å². The lowest BCUT2D eigenvalue weighted by Crippen LogP contribution is -2.49. The number of rotatable bonds is 6. The Morgan fingerprint density at radius 1 is 1.33 bits per heavy atom. The third-order valence-electron chi connectivity index (χ3n) is 5.23. The van der Waals surface area contributed by atoms with Crippen LogP contribution in [0.1, 0.15) is 31.4 Å². The molecule has 1 aromatic carbocycles. The number of aryl methyl sites for hydroxylation is 1. The first kappa shape index (κ1) is 19.3. The summed E-state index contributed by atoms with van der Waals surface area (Å²) in [6.07, 6.45) is 7.92. The molecule has 2 aromatic rings. The number of benzene rings is 1. The van der Waals surface area contributed by atoms with Gasteiger partial charge in [0.1, 0.15) is 5.75 Å². The van der Waals surface area contributed by atoms with Crippen LogP contribution in [-0.4, -0.2) is 53.7 Å². The Morgan fingerprint density at radius 3 is 2.85 bits per heavy atom. The summed E-state index contributed by atoms with van der Waals surface area (Å²) in [5.41, 5.74) is 1.25. The van der Waals surface area contributed by atoms with Crippen LogP contribution in [0, 0.1) is 12.8 Å². The van der Waals surface area contributed by atoms with Gasteiger partial charge in [-0.3, -0.25) is 4.99 Å². The summed E-state index contributed by atoms with van der Waals surface area (Å²) in [6.45, 7) is 7.93. The molecule has 1 fully saturated rings. The molecule has 1 aromatic heterocycles. The van der Waals surface area contributed by atoms with Crippen molar-refractivity contribution in [1.82, 2.24) is 19.8 Å². The molecule has 0 bridgehead atoms. The van der Waals surface area contributed by atoms with Gasteiger partial charge in [0.25, 0.3) is 0 Å². The molecule has 6 heteroatoms. The number of nitrogens with zero attached hydrogens (tertiary/aromatic N) is 4. The Labute approximate surface area is 162 Å². The summed E-state index contributed by atoms with van der Waals surface area (Å²) in [4.78, 5) is 11.0. The summed E-state index contributed by atoms with van der Waals surface area (Å²) >= 11 is 0. The molecule has 146 valence electrons. The quantitative estimate of drug-likeness (QED) is 0.483. The van der Waals surface area contributed by atoms with E-state index in [1.165, 1.54) is 5.56 Å². The van der Waals surface area contributed by atoms with Crippen molar-refractivity contribution < 1.29 is 4.74 Å². The van der Waals surface area contributed by atoms with Gasteiger partial charge in [0.2, 0.25) is 0 Å². The fraction of sp³-hybridized carbons (Fsp3) is 0.524. The molecular weight excluding hydrogens is 338 g/mol. The molecule has 1 aliphatic heterocycles. The summed E-state index contributed by atoms with van der Waals surface area (Å²) in [7, 11) is 1.86. The topological polar surface area (TPSA) is 54.7 Å². The minimum atomic E-state index is 0.435. The minimum absolute atomic E-state index is 0.435. The van der Waals surface area contributed by atoms with Crippen LogP contribution in [0.4, 0.5) is 0 Å². The van der Waals surface area contributed by atoms with Crippen molar-refractivity contribution in [2.24, 2.45) is 10.9 Å². The number of aliphatic imine (C=N–C) groups is 1. The normalized spacial score (nSPS) is 20.6. The predicted molar refractivity (Wildman–Crippen MR) is 109 cm³/mol. The molecule has 0 spiro atoms. The van der Waals surface area contributed by atoms with Gasteiger partial charge in [-0.25, -0.2) is 4.98 Å². The number of hydrogen-bond donors (Lipinski definition) is 1. The van der Waals surface area contributed by atoms with Crippen LogP contribution in [0.15, 0.2) is 48.0 Å². The van der Waals surface area contributed by atoms with Gasteiger partial charge < -0.3 is 19.5 Å². The third-order valence-corrected chi connectivity index (χ3v) is 5.23. The van der Waals surface area contributed by atoms with E-state index < -0.39 is 0 Å². The van der Waals surface area contributed by atoms with Crippen molar-refractivity contribution in [1.29, 1.82) is 0 Å². The Bertz CT molecular complexity index is 711. The number of guanidine groups is 1. The van der Waals surface area contributed by atoms with E-state index >= 15 is 0 Å². The molecule has 0 aliphatic carbocycles. The van der Waals surface area contributed by atoms with E-state index in [-0.39, 0.29) is 0 Å². The van der Waals surface area contributed by atoms with Crippen molar-refractivity contribution >= 4 is 5.96 Å². The molecule has 1 aliphatic rings. The molecule has 1 saturated heterocycles. The fourth-order valence-corrected chi connectivity index (χ4v) is 3.52. The van der Waals surface area contributed by atoms with Gasteiger partial charge in [-0.05, 0) is 37.8 Å². The second-order valence-electron chi connectivity index (χ2n) is 7.28. The summed E-state index contributed by atoms with van der Waals surface area (Å²) < 4.78 is 8.02. The molecule has 0 radical (unpaired) electrons. The number of piperidine rings is 1. The summed E-state index contributed by atoms with van der Waals surface area (Å²) in [6, 6.07) is 8.62. The van der Waals surface area contributed by atoms with Crippen molar-refractivity contribution in [3.05, 3.63) is 48.5 Å². The van der Waals surface area contributed by atoms with Crippen LogP contribution in [-0.2, 0) is 0 Å². The largest absolute Gasteiger partial charge is 0.494 e. The minimum Gasteiger partial charge on any atom is -0.494 e. The van der Waals surface area contributed by atoms with Crippen LogP contribution in [0.25, 0.3) is 0 Å². The lowest BCUT2D eigenvalue weighted by Gasteiger charge is -2.39. The van der Waals surface area contributed by atoms with Gasteiger partial charge in [0.15, 0.2) is 5.96 Å². The molecular formula is C21H31N5O. The Morgan fingerprint density at radius 2 is 2.15 bits per heavy atom. The van der Waals surface area contributed by atoms with Gasteiger partial charge in [0, 0.05) is 39.1 Å². The molecule has 3 rings (SSSR count). The first-order valence-corrected chi connectivity index (χ1v) is 9.80. The van der Waals surface area contributed by atoms with E-state index in [4.69, 9.17) is 4.74 Å². The first-order valence-electron chi connectivity index (χ1n) is 9.80. The number of nitrogens with one attached hydrogen (secondary N) is 1. The summed E-state index contributed by atoms with van der Waals surface area (Å²) in [5.74, 6) is 2.54. The highest BCUT2D eigenvalue weighted by atomic mass is 16.5. The smallest absolute Gasteiger partial charge is 0.193 e. The fourth-order valence-electron chi connectivity index (χ4n) is 3.52. The van der Waals surface area contributed by atoms with E-state index in [1.807, 2.05) is 31.7 Å². The zero-order valence-corrected chi connectivity index (χ0v) is 16.6. The zero-order chi connectivity index (χ0) is 19.1. The monoisotopic (exact) mass is 369 g/mol. The standard InChI is InChI=1S/C21H31N5O/c1-17-5-7-19(8-6-17)27-14-4-10-24-21(22-3)25-12-9-18(2)20(15-25)26-13-11-23-16-26/h5-8,11,13,16,18,20H,4,9-10,12,14-15H2,1-3H3,(H,22,24). The van der Waals surface area contributed by atoms with E-state index in [1.54, 1.807) is 0 Å². The van der Waals surface area contributed by atoms with E-state index in [0.717, 1.165) is 44.2 Å². The van der Waals surface area contributed by atoms with E-state index in [2.05, 4.69) is 56.9 Å². The SMILES string of the molecule is CN=C(NCCCOc1ccc(C)cc1)N1CCC(C)C(n2ccnc2)C1. The van der Waals surface area contributed by atoms with E-state index in [0.29, 0.717) is 18.6 Å². The lowest BCUT2D eigenvalue weighted by atomic mass is 9.93. The molecule has 2 atom stereocenters. The Kier molecular flexibility index (Phi) is 6.74. The van der Waals surface area contributed by atoms with Gasteiger partial charge in [-0.2, -0.15) is 0 Å². The molecule has 2 heterocycles. The van der Waals surface area contributed by atoms with Crippen molar-refractivity contribution in [3.8, 4) is 5.75 Å². The van der Waals surface area contributed by atoms with Crippen LogP contribution < -0.4 is 10.1 Å². The highest BCUT2D eigenvalue weighted by molar-refractivity contribution is 5.80. The Balaban J connectivity index is 1.44. The summed E-state index contributed by atoms with van der Waals surface area (Å²) in [5, 5.41) is 3.49. The first-order chi connectivity index (χ1) is 13.2. The number of aromatic nitrogens is 2. The van der Waals surface area contributed by atoms with Crippen molar-refractivity contribution in [2.75, 3.05) is 33.3 Å². The number of imidazole rings is 1. The maximum absolute atomic E-state index is 5.80. The molecule has 0 saturated carbocycles. The predicted octanol–water partition coefficient (Wildman–Crippen LogP) is 3.12. The van der Waals surface area contributed by atoms with Gasteiger partial charge in [-0.15, -0.1) is 0 Å². The highest BCUT2D eigenvalue weighted by Crippen LogP contribution is 2.27.